The van der Waals surface area contributed by atoms with Gasteiger partial charge in [0.05, 0.1) is 0 Å². The van der Waals surface area contributed by atoms with Gasteiger partial charge < -0.3 is 5.32 Å². The highest BCUT2D eigenvalue weighted by molar-refractivity contribution is 8.03. The molecule has 0 saturated carbocycles. The second-order valence-electron chi connectivity index (χ2n) is 3.19. The maximum atomic E-state index is 3.99. The monoisotopic (exact) mass is 195 g/mol. The van der Waals surface area contributed by atoms with Crippen LogP contribution in [0.15, 0.2) is 35.4 Å². The Bertz CT molecular complexity index is 253. The van der Waals surface area contributed by atoms with Gasteiger partial charge in [-0.25, -0.2) is 0 Å². The molecule has 2 heteroatoms. The Hall–Kier alpha value is -0.630. The van der Waals surface area contributed by atoms with E-state index in [-0.39, 0.29) is 0 Å². The van der Waals surface area contributed by atoms with Crippen LogP contribution in [0.2, 0.25) is 0 Å². The predicted molar refractivity (Wildman–Crippen MR) is 61.7 cm³/mol. The third-order valence-corrected chi connectivity index (χ3v) is 3.69. The third-order valence-electron chi connectivity index (χ3n) is 2.36. The minimum absolute atomic E-state index is 0.591. The second kappa shape index (κ2) is 4.56. The first kappa shape index (κ1) is 10.5. The Balaban J connectivity index is 2.75. The summed E-state index contributed by atoms with van der Waals surface area (Å²) < 4.78 is 0. The van der Waals surface area contributed by atoms with Gasteiger partial charge in [0.2, 0.25) is 0 Å². The van der Waals surface area contributed by atoms with Gasteiger partial charge in [0, 0.05) is 18.0 Å². The molecule has 1 N–H and O–H groups in total. The maximum absolute atomic E-state index is 3.99. The van der Waals surface area contributed by atoms with Gasteiger partial charge in [0.15, 0.2) is 0 Å². The highest BCUT2D eigenvalue weighted by Crippen LogP contribution is 2.37. The Kier molecular flexibility index (Phi) is 3.67. The largest absolute Gasteiger partial charge is 0.388 e. The molecule has 0 amide bonds. The molecule has 0 aromatic rings. The van der Waals surface area contributed by atoms with E-state index in [4.69, 9.17) is 0 Å². The summed E-state index contributed by atoms with van der Waals surface area (Å²) in [5.74, 6) is 0. The summed E-state index contributed by atoms with van der Waals surface area (Å²) in [7, 11) is 1.92. The molecule has 0 spiro atoms. The SMILES string of the molecule is C=CC1CCC(C(=C)NC)=C(C)S1. The molecule has 1 aliphatic rings. The van der Waals surface area contributed by atoms with Crippen LogP contribution < -0.4 is 5.32 Å². The van der Waals surface area contributed by atoms with Crippen LogP contribution in [0, 0.1) is 0 Å². The second-order valence-corrected chi connectivity index (χ2v) is 4.65. The quantitative estimate of drug-likeness (QED) is 0.695. The first-order chi connectivity index (χ1) is 6.19. The lowest BCUT2D eigenvalue weighted by Gasteiger charge is -2.23. The summed E-state index contributed by atoms with van der Waals surface area (Å²) in [5.41, 5.74) is 2.44. The van der Waals surface area contributed by atoms with Crippen molar-refractivity contribution in [2.45, 2.75) is 25.0 Å². The van der Waals surface area contributed by atoms with Crippen molar-refractivity contribution in [1.82, 2.24) is 5.32 Å². The van der Waals surface area contributed by atoms with E-state index in [0.717, 1.165) is 12.1 Å². The van der Waals surface area contributed by atoms with Crippen molar-refractivity contribution in [1.29, 1.82) is 0 Å². The molecule has 1 rings (SSSR count). The summed E-state index contributed by atoms with van der Waals surface area (Å²) in [6.45, 7) is 9.98. The minimum Gasteiger partial charge on any atom is -0.388 e. The number of likely N-dealkylation sites (N-methyl/N-ethyl adjacent to an activating group) is 1. The van der Waals surface area contributed by atoms with Crippen LogP contribution in [0.3, 0.4) is 0 Å². The van der Waals surface area contributed by atoms with Gasteiger partial charge in [0.25, 0.3) is 0 Å². The van der Waals surface area contributed by atoms with E-state index < -0.39 is 0 Å². The molecule has 0 aromatic heterocycles. The summed E-state index contributed by atoms with van der Waals surface area (Å²) in [6, 6.07) is 0. The standard InChI is InChI=1S/C11H17NS/c1-5-10-6-7-11(8(2)12-4)9(3)13-10/h5,10,12H,1-2,6-7H2,3-4H3. The molecule has 1 heterocycles. The molecule has 72 valence electrons. The van der Waals surface area contributed by atoms with E-state index >= 15 is 0 Å². The minimum atomic E-state index is 0.591. The fourth-order valence-electron chi connectivity index (χ4n) is 1.50. The number of thioether (sulfide) groups is 1. The average molecular weight is 195 g/mol. The zero-order valence-electron chi connectivity index (χ0n) is 8.39. The van der Waals surface area contributed by atoms with Crippen molar-refractivity contribution in [3.8, 4) is 0 Å². The number of rotatable bonds is 3. The van der Waals surface area contributed by atoms with Crippen molar-refractivity contribution in [2.75, 3.05) is 7.05 Å². The molecular weight excluding hydrogens is 178 g/mol. The van der Waals surface area contributed by atoms with Crippen LogP contribution in [0.1, 0.15) is 19.8 Å². The lowest BCUT2D eigenvalue weighted by Crippen LogP contribution is -2.13. The third kappa shape index (κ3) is 2.41. The molecule has 1 aliphatic heterocycles. The maximum Gasteiger partial charge on any atom is 0.0304 e. The van der Waals surface area contributed by atoms with Crippen molar-refractivity contribution in [2.24, 2.45) is 0 Å². The fourth-order valence-corrected chi connectivity index (χ4v) is 2.65. The normalized spacial score (nSPS) is 22.8. The Morgan fingerprint density at radius 2 is 2.38 bits per heavy atom. The molecular formula is C11H17NS. The van der Waals surface area contributed by atoms with Crippen molar-refractivity contribution >= 4 is 11.8 Å². The summed E-state index contributed by atoms with van der Waals surface area (Å²) in [5, 5.41) is 3.70. The van der Waals surface area contributed by atoms with Crippen molar-refractivity contribution in [3.05, 3.63) is 35.4 Å². The molecule has 1 nitrogen and oxygen atoms in total. The van der Waals surface area contributed by atoms with Crippen LogP contribution >= 0.6 is 11.8 Å². The van der Waals surface area contributed by atoms with Gasteiger partial charge in [0.1, 0.15) is 0 Å². The predicted octanol–water partition coefficient (Wildman–Crippen LogP) is 3.08. The first-order valence-corrected chi connectivity index (χ1v) is 5.43. The molecule has 0 aliphatic carbocycles. The van der Waals surface area contributed by atoms with Crippen LogP contribution in [-0.2, 0) is 0 Å². The summed E-state index contributed by atoms with van der Waals surface area (Å²) in [6.07, 6.45) is 4.34. The number of allylic oxidation sites excluding steroid dienone is 2. The molecule has 0 aromatic carbocycles. The lowest BCUT2D eigenvalue weighted by molar-refractivity contribution is 0.815. The fraction of sp³-hybridized carbons (Fsp3) is 0.455. The summed E-state index contributed by atoms with van der Waals surface area (Å²) in [4.78, 5) is 1.38. The number of hydrogen-bond donors (Lipinski definition) is 1. The Morgan fingerprint density at radius 1 is 1.69 bits per heavy atom. The van der Waals surface area contributed by atoms with E-state index in [1.165, 1.54) is 16.9 Å². The van der Waals surface area contributed by atoms with Gasteiger partial charge >= 0.3 is 0 Å². The molecule has 1 unspecified atom stereocenters. The summed E-state index contributed by atoms with van der Waals surface area (Å²) >= 11 is 1.90. The Labute approximate surface area is 85.0 Å². The topological polar surface area (TPSA) is 12.0 Å². The van der Waals surface area contributed by atoms with Crippen LogP contribution in [0.4, 0.5) is 0 Å². The van der Waals surface area contributed by atoms with Gasteiger partial charge in [-0.2, -0.15) is 0 Å². The van der Waals surface area contributed by atoms with Gasteiger partial charge in [-0.3, -0.25) is 0 Å². The molecule has 0 bridgehead atoms. The number of nitrogens with one attached hydrogen (secondary N) is 1. The zero-order valence-corrected chi connectivity index (χ0v) is 9.21. The highest BCUT2D eigenvalue weighted by Gasteiger charge is 2.17. The molecule has 0 saturated heterocycles. The van der Waals surface area contributed by atoms with Gasteiger partial charge in [-0.05, 0) is 30.2 Å². The van der Waals surface area contributed by atoms with Crippen molar-refractivity contribution < 1.29 is 0 Å². The van der Waals surface area contributed by atoms with Gasteiger partial charge in [-0.15, -0.1) is 18.3 Å². The molecule has 0 fully saturated rings. The van der Waals surface area contributed by atoms with Gasteiger partial charge in [-0.1, -0.05) is 12.7 Å². The smallest absolute Gasteiger partial charge is 0.0304 e. The average Bonchev–Trinajstić information content (AvgIpc) is 2.16. The van der Waals surface area contributed by atoms with E-state index in [1.807, 2.05) is 24.9 Å². The van der Waals surface area contributed by atoms with Crippen molar-refractivity contribution in [3.63, 3.8) is 0 Å². The van der Waals surface area contributed by atoms with E-state index in [2.05, 4.69) is 25.4 Å². The zero-order chi connectivity index (χ0) is 9.84. The number of hydrogen-bond acceptors (Lipinski definition) is 2. The highest BCUT2D eigenvalue weighted by atomic mass is 32.2. The Morgan fingerprint density at radius 3 is 2.85 bits per heavy atom. The lowest BCUT2D eigenvalue weighted by atomic mass is 10.0. The van der Waals surface area contributed by atoms with Crippen LogP contribution in [0.5, 0.6) is 0 Å². The molecule has 13 heavy (non-hydrogen) atoms. The van der Waals surface area contributed by atoms with E-state index in [0.29, 0.717) is 5.25 Å². The van der Waals surface area contributed by atoms with Crippen LogP contribution in [0.25, 0.3) is 0 Å². The van der Waals surface area contributed by atoms with E-state index in [1.54, 1.807) is 0 Å². The first-order valence-electron chi connectivity index (χ1n) is 4.55. The molecule has 1 atom stereocenters. The van der Waals surface area contributed by atoms with E-state index in [9.17, 15) is 0 Å². The molecule has 0 radical (unpaired) electrons. The van der Waals surface area contributed by atoms with Crippen LogP contribution in [-0.4, -0.2) is 12.3 Å².